The third kappa shape index (κ3) is 3.51. The third-order valence-corrected chi connectivity index (χ3v) is 5.40. The van der Waals surface area contributed by atoms with E-state index in [1.165, 1.54) is 22.1 Å². The van der Waals surface area contributed by atoms with E-state index in [2.05, 4.69) is 35.9 Å². The Labute approximate surface area is 127 Å². The average molecular weight is 296 g/mol. The smallest absolute Gasteiger partial charge is 0.185 e. The maximum Gasteiger partial charge on any atom is 0.185 e. The summed E-state index contributed by atoms with van der Waals surface area (Å²) in [5, 5.41) is 4.47. The van der Waals surface area contributed by atoms with Gasteiger partial charge in [-0.15, -0.1) is 11.3 Å². The van der Waals surface area contributed by atoms with Gasteiger partial charge in [-0.1, -0.05) is 13.8 Å². The number of hydrogen-bond donors (Lipinski definition) is 1. The molecule has 0 aliphatic carbocycles. The van der Waals surface area contributed by atoms with Crippen LogP contribution in [0.3, 0.4) is 0 Å². The first-order valence-corrected chi connectivity index (χ1v) is 8.63. The molecule has 1 aliphatic rings. The molecule has 1 atom stereocenters. The third-order valence-electron chi connectivity index (χ3n) is 4.24. The standard InChI is InChI=1S/C15H28N4S/c1-5-12(3)18-7-9-19(10-8-18)15-17-13(6-2)14(20-15)11-16-4/h12,16H,5-11H2,1-4H3. The number of nitrogens with zero attached hydrogens (tertiary/aromatic N) is 3. The van der Waals surface area contributed by atoms with E-state index >= 15 is 0 Å². The van der Waals surface area contributed by atoms with Crippen LogP contribution in [0, 0.1) is 0 Å². The molecule has 1 aromatic rings. The first kappa shape index (κ1) is 15.7. The summed E-state index contributed by atoms with van der Waals surface area (Å²) < 4.78 is 0. The number of thiazole rings is 1. The second-order valence-electron chi connectivity index (χ2n) is 5.53. The van der Waals surface area contributed by atoms with Crippen molar-refractivity contribution in [2.75, 3.05) is 38.1 Å². The van der Waals surface area contributed by atoms with E-state index in [-0.39, 0.29) is 0 Å². The molecule has 0 radical (unpaired) electrons. The maximum absolute atomic E-state index is 4.85. The lowest BCUT2D eigenvalue weighted by molar-refractivity contribution is 0.193. The lowest BCUT2D eigenvalue weighted by Crippen LogP contribution is -2.49. The summed E-state index contributed by atoms with van der Waals surface area (Å²) in [5.74, 6) is 0. The van der Waals surface area contributed by atoms with Crippen LogP contribution in [0.2, 0.25) is 0 Å². The lowest BCUT2D eigenvalue weighted by atomic mass is 10.2. The molecule has 0 amide bonds. The number of aromatic nitrogens is 1. The summed E-state index contributed by atoms with van der Waals surface area (Å²) in [6, 6.07) is 0.708. The number of anilines is 1. The molecule has 1 fully saturated rings. The molecule has 1 N–H and O–H groups in total. The minimum atomic E-state index is 0.708. The van der Waals surface area contributed by atoms with E-state index in [9.17, 15) is 0 Å². The first-order chi connectivity index (χ1) is 9.69. The zero-order valence-corrected chi connectivity index (χ0v) is 14.1. The topological polar surface area (TPSA) is 31.4 Å². The van der Waals surface area contributed by atoms with Crippen LogP contribution in [0.25, 0.3) is 0 Å². The second kappa shape index (κ2) is 7.38. The zero-order chi connectivity index (χ0) is 14.5. The highest BCUT2D eigenvalue weighted by Crippen LogP contribution is 2.28. The second-order valence-corrected chi connectivity index (χ2v) is 6.59. The van der Waals surface area contributed by atoms with Gasteiger partial charge in [-0.25, -0.2) is 4.98 Å². The highest BCUT2D eigenvalue weighted by molar-refractivity contribution is 7.15. The molecule has 2 rings (SSSR count). The Hall–Kier alpha value is -0.650. The highest BCUT2D eigenvalue weighted by atomic mass is 32.1. The van der Waals surface area contributed by atoms with E-state index in [0.29, 0.717) is 6.04 Å². The van der Waals surface area contributed by atoms with Crippen LogP contribution < -0.4 is 10.2 Å². The summed E-state index contributed by atoms with van der Waals surface area (Å²) in [7, 11) is 2.00. The fourth-order valence-electron chi connectivity index (χ4n) is 2.69. The Morgan fingerprint density at radius 3 is 2.50 bits per heavy atom. The molecule has 114 valence electrons. The van der Waals surface area contributed by atoms with Gasteiger partial charge in [0.2, 0.25) is 0 Å². The highest BCUT2D eigenvalue weighted by Gasteiger charge is 2.22. The minimum absolute atomic E-state index is 0.708. The Bertz CT molecular complexity index is 410. The van der Waals surface area contributed by atoms with E-state index in [0.717, 1.165) is 39.1 Å². The summed E-state index contributed by atoms with van der Waals surface area (Å²) in [5.41, 5.74) is 1.27. The van der Waals surface area contributed by atoms with Crippen molar-refractivity contribution in [3.63, 3.8) is 0 Å². The monoisotopic (exact) mass is 296 g/mol. The molecule has 5 heteroatoms. The van der Waals surface area contributed by atoms with Gasteiger partial charge in [-0.2, -0.15) is 0 Å². The molecule has 2 heterocycles. The fraction of sp³-hybridized carbons (Fsp3) is 0.800. The molecular weight excluding hydrogens is 268 g/mol. The number of nitrogens with one attached hydrogen (secondary N) is 1. The summed E-state index contributed by atoms with van der Waals surface area (Å²) in [6.45, 7) is 12.3. The predicted octanol–water partition coefficient (Wildman–Crippen LogP) is 2.35. The number of hydrogen-bond acceptors (Lipinski definition) is 5. The van der Waals surface area contributed by atoms with Gasteiger partial charge in [0, 0.05) is 43.6 Å². The first-order valence-electron chi connectivity index (χ1n) is 7.81. The van der Waals surface area contributed by atoms with Gasteiger partial charge in [0.05, 0.1) is 5.69 Å². The molecule has 1 unspecified atom stereocenters. The SMILES string of the molecule is CCc1nc(N2CCN(C(C)CC)CC2)sc1CNC. The normalized spacial score (nSPS) is 18.5. The Morgan fingerprint density at radius 2 is 1.95 bits per heavy atom. The van der Waals surface area contributed by atoms with Crippen LogP contribution in [0.4, 0.5) is 5.13 Å². The van der Waals surface area contributed by atoms with Gasteiger partial charge in [0.15, 0.2) is 5.13 Å². The number of piperazine rings is 1. The molecule has 0 bridgehead atoms. The van der Waals surface area contributed by atoms with Crippen molar-refractivity contribution in [2.45, 2.75) is 46.2 Å². The van der Waals surface area contributed by atoms with Crippen LogP contribution in [0.1, 0.15) is 37.8 Å². The van der Waals surface area contributed by atoms with Crippen molar-refractivity contribution in [3.05, 3.63) is 10.6 Å². The van der Waals surface area contributed by atoms with Crippen LogP contribution in [0.5, 0.6) is 0 Å². The average Bonchev–Trinajstić information content (AvgIpc) is 2.90. The van der Waals surface area contributed by atoms with E-state index < -0.39 is 0 Å². The van der Waals surface area contributed by atoms with Gasteiger partial charge < -0.3 is 10.2 Å². The Morgan fingerprint density at radius 1 is 1.25 bits per heavy atom. The maximum atomic E-state index is 4.85. The molecule has 1 aliphatic heterocycles. The minimum Gasteiger partial charge on any atom is -0.346 e. The van der Waals surface area contributed by atoms with Gasteiger partial charge in [0.25, 0.3) is 0 Å². The summed E-state index contributed by atoms with van der Waals surface area (Å²) in [6.07, 6.45) is 2.27. The molecule has 1 aromatic heterocycles. The number of aryl methyl sites for hydroxylation is 1. The van der Waals surface area contributed by atoms with Crippen LogP contribution >= 0.6 is 11.3 Å². The van der Waals surface area contributed by atoms with Crippen molar-refractivity contribution >= 4 is 16.5 Å². The molecule has 20 heavy (non-hydrogen) atoms. The molecule has 4 nitrogen and oxygen atoms in total. The summed E-state index contributed by atoms with van der Waals surface area (Å²) >= 11 is 1.86. The van der Waals surface area contributed by atoms with Crippen LogP contribution in [0.15, 0.2) is 0 Å². The van der Waals surface area contributed by atoms with Gasteiger partial charge in [-0.05, 0) is 26.8 Å². The Balaban J connectivity index is 1.99. The zero-order valence-electron chi connectivity index (χ0n) is 13.3. The molecular formula is C15H28N4S. The van der Waals surface area contributed by atoms with Gasteiger partial charge >= 0.3 is 0 Å². The molecule has 0 spiro atoms. The largest absolute Gasteiger partial charge is 0.346 e. The van der Waals surface area contributed by atoms with Crippen molar-refractivity contribution in [3.8, 4) is 0 Å². The van der Waals surface area contributed by atoms with Gasteiger partial charge in [0.1, 0.15) is 0 Å². The van der Waals surface area contributed by atoms with Gasteiger partial charge in [-0.3, -0.25) is 4.90 Å². The summed E-state index contributed by atoms with van der Waals surface area (Å²) in [4.78, 5) is 11.3. The van der Waals surface area contributed by atoms with Crippen molar-refractivity contribution < 1.29 is 0 Å². The van der Waals surface area contributed by atoms with Crippen molar-refractivity contribution in [1.82, 2.24) is 15.2 Å². The molecule has 0 aromatic carbocycles. The molecule has 1 saturated heterocycles. The lowest BCUT2D eigenvalue weighted by Gasteiger charge is -2.37. The van der Waals surface area contributed by atoms with E-state index in [1.807, 2.05) is 18.4 Å². The van der Waals surface area contributed by atoms with E-state index in [1.54, 1.807) is 0 Å². The fourth-order valence-corrected chi connectivity index (χ4v) is 3.90. The van der Waals surface area contributed by atoms with Crippen LogP contribution in [-0.4, -0.2) is 49.2 Å². The predicted molar refractivity (Wildman–Crippen MR) is 87.8 cm³/mol. The van der Waals surface area contributed by atoms with E-state index in [4.69, 9.17) is 4.98 Å². The quantitative estimate of drug-likeness (QED) is 0.873. The van der Waals surface area contributed by atoms with Crippen molar-refractivity contribution in [1.29, 1.82) is 0 Å². The number of rotatable bonds is 6. The molecule has 0 saturated carbocycles. The van der Waals surface area contributed by atoms with Crippen molar-refractivity contribution in [2.24, 2.45) is 0 Å². The Kier molecular flexibility index (Phi) is 5.81. The van der Waals surface area contributed by atoms with Crippen LogP contribution in [-0.2, 0) is 13.0 Å².